The summed E-state index contributed by atoms with van der Waals surface area (Å²) in [4.78, 5) is 18.6. The summed E-state index contributed by atoms with van der Waals surface area (Å²) in [6.07, 6.45) is 3.49. The Bertz CT molecular complexity index is 1110. The van der Waals surface area contributed by atoms with Gasteiger partial charge in [-0.15, -0.1) is 11.3 Å². The van der Waals surface area contributed by atoms with Crippen molar-refractivity contribution in [3.05, 3.63) is 51.7 Å². The lowest BCUT2D eigenvalue weighted by molar-refractivity contribution is 1.21. The fraction of sp³-hybridized carbons (Fsp3) is 0.0588. The van der Waals surface area contributed by atoms with E-state index in [4.69, 9.17) is 28.9 Å². The van der Waals surface area contributed by atoms with Crippen molar-refractivity contribution in [3.63, 3.8) is 0 Å². The van der Waals surface area contributed by atoms with E-state index >= 15 is 0 Å². The van der Waals surface area contributed by atoms with Crippen LogP contribution in [-0.4, -0.2) is 19.9 Å². The average Bonchev–Trinajstić information content (AvgIpc) is 3.03. The second kappa shape index (κ2) is 6.22. The van der Waals surface area contributed by atoms with Gasteiger partial charge in [0.25, 0.3) is 0 Å². The number of halogens is 2. The van der Waals surface area contributed by atoms with Gasteiger partial charge in [0.15, 0.2) is 11.0 Å². The third-order valence-electron chi connectivity index (χ3n) is 3.63. The minimum absolute atomic E-state index is 0.148. The number of aryl methyl sites for hydroxylation is 1. The first-order valence-electron chi connectivity index (χ1n) is 7.33. The fourth-order valence-corrected chi connectivity index (χ4v) is 3.68. The molecule has 124 valence electrons. The van der Waals surface area contributed by atoms with Crippen LogP contribution in [0.5, 0.6) is 0 Å². The summed E-state index contributed by atoms with van der Waals surface area (Å²) in [5.41, 5.74) is 8.55. The zero-order valence-electron chi connectivity index (χ0n) is 13.0. The molecule has 5 nitrogen and oxygen atoms in total. The van der Waals surface area contributed by atoms with Gasteiger partial charge in [-0.2, -0.15) is 0 Å². The number of nitrogen functional groups attached to an aromatic ring is 1. The molecule has 8 heteroatoms. The normalized spacial score (nSPS) is 11.2. The molecule has 0 amide bonds. The number of benzene rings is 1. The first kappa shape index (κ1) is 16.2. The predicted octanol–water partition coefficient (Wildman–Crippen LogP) is 5.01. The van der Waals surface area contributed by atoms with Crippen molar-refractivity contribution in [2.24, 2.45) is 0 Å². The van der Waals surface area contributed by atoms with Crippen LogP contribution < -0.4 is 5.73 Å². The molecule has 0 fully saturated rings. The molecule has 0 unspecified atom stereocenters. The standard InChI is InChI=1S/C17H11Cl2N5S/c1-8-7-22-17(25-8)14-13(23-15(19)16(20)24-14)10-5-9-3-2-4-21-12(9)11(18)6-10/h2-7H,1H3,(H2,20,24). The van der Waals surface area contributed by atoms with Crippen molar-refractivity contribution in [1.29, 1.82) is 0 Å². The van der Waals surface area contributed by atoms with E-state index in [-0.39, 0.29) is 11.0 Å². The second-order valence-electron chi connectivity index (χ2n) is 5.41. The van der Waals surface area contributed by atoms with Gasteiger partial charge in [-0.1, -0.05) is 29.3 Å². The monoisotopic (exact) mass is 387 g/mol. The number of hydrogen-bond donors (Lipinski definition) is 1. The molecule has 0 spiro atoms. The molecule has 0 aliphatic heterocycles. The van der Waals surface area contributed by atoms with Crippen molar-refractivity contribution < 1.29 is 0 Å². The van der Waals surface area contributed by atoms with Crippen LogP contribution >= 0.6 is 34.5 Å². The van der Waals surface area contributed by atoms with E-state index < -0.39 is 0 Å². The fourth-order valence-electron chi connectivity index (χ4n) is 2.53. The Hall–Kier alpha value is -2.28. The molecule has 3 heterocycles. The van der Waals surface area contributed by atoms with Gasteiger partial charge in [0, 0.05) is 28.2 Å². The van der Waals surface area contributed by atoms with E-state index in [0.29, 0.717) is 16.4 Å². The largest absolute Gasteiger partial charge is 0.381 e. The molecule has 0 saturated heterocycles. The van der Waals surface area contributed by atoms with Crippen molar-refractivity contribution in [1.82, 2.24) is 19.9 Å². The molecular formula is C17H11Cl2N5S. The zero-order chi connectivity index (χ0) is 17.6. The quantitative estimate of drug-likeness (QED) is 0.522. The van der Waals surface area contributed by atoms with Gasteiger partial charge in [0.2, 0.25) is 0 Å². The number of hydrogen-bond acceptors (Lipinski definition) is 6. The maximum atomic E-state index is 6.40. The molecule has 0 atom stereocenters. The summed E-state index contributed by atoms with van der Waals surface area (Å²) in [5, 5.41) is 2.31. The highest BCUT2D eigenvalue weighted by Crippen LogP contribution is 2.36. The predicted molar refractivity (Wildman–Crippen MR) is 103 cm³/mol. The lowest BCUT2D eigenvalue weighted by atomic mass is 10.1. The minimum atomic E-state index is 0.148. The molecule has 0 saturated carbocycles. The van der Waals surface area contributed by atoms with E-state index in [1.165, 1.54) is 11.3 Å². The Balaban J connectivity index is 2.00. The van der Waals surface area contributed by atoms with E-state index in [9.17, 15) is 0 Å². The van der Waals surface area contributed by atoms with Crippen LogP contribution in [0.25, 0.3) is 32.9 Å². The highest BCUT2D eigenvalue weighted by molar-refractivity contribution is 7.14. The van der Waals surface area contributed by atoms with Gasteiger partial charge < -0.3 is 5.73 Å². The Morgan fingerprint density at radius 1 is 1.08 bits per heavy atom. The summed E-state index contributed by atoms with van der Waals surface area (Å²) in [6, 6.07) is 7.55. The van der Waals surface area contributed by atoms with Gasteiger partial charge in [0.05, 0.1) is 10.5 Å². The SMILES string of the molecule is Cc1cnc(-c2nc(N)c(Cl)nc2-c2cc(Cl)c3ncccc3c2)s1. The zero-order valence-corrected chi connectivity index (χ0v) is 15.3. The van der Waals surface area contributed by atoms with Crippen LogP contribution in [0.1, 0.15) is 4.88 Å². The van der Waals surface area contributed by atoms with Gasteiger partial charge in [0.1, 0.15) is 16.4 Å². The third-order valence-corrected chi connectivity index (χ3v) is 5.12. The summed E-state index contributed by atoms with van der Waals surface area (Å²) < 4.78 is 0. The molecule has 2 N–H and O–H groups in total. The number of rotatable bonds is 2. The van der Waals surface area contributed by atoms with Crippen molar-refractivity contribution in [3.8, 4) is 22.0 Å². The van der Waals surface area contributed by atoms with Crippen LogP contribution in [0.4, 0.5) is 5.82 Å². The maximum Gasteiger partial charge on any atom is 0.171 e. The maximum absolute atomic E-state index is 6.40. The molecule has 0 bridgehead atoms. The molecule has 25 heavy (non-hydrogen) atoms. The highest BCUT2D eigenvalue weighted by atomic mass is 35.5. The molecular weight excluding hydrogens is 377 g/mol. The van der Waals surface area contributed by atoms with Gasteiger partial charge in [-0.3, -0.25) is 4.98 Å². The lowest BCUT2D eigenvalue weighted by Crippen LogP contribution is -2.00. The second-order valence-corrected chi connectivity index (χ2v) is 7.41. The van der Waals surface area contributed by atoms with Gasteiger partial charge in [-0.25, -0.2) is 15.0 Å². The van der Waals surface area contributed by atoms with Crippen molar-refractivity contribution >= 4 is 51.3 Å². The van der Waals surface area contributed by atoms with Gasteiger partial charge >= 0.3 is 0 Å². The first-order chi connectivity index (χ1) is 12.0. The minimum Gasteiger partial charge on any atom is -0.381 e. The number of thiazole rings is 1. The molecule has 1 aromatic carbocycles. The number of nitrogens with zero attached hydrogens (tertiary/aromatic N) is 4. The number of aromatic nitrogens is 4. The number of anilines is 1. The topological polar surface area (TPSA) is 77.6 Å². The third kappa shape index (κ3) is 2.93. The molecule has 4 rings (SSSR count). The Labute approximate surface area is 157 Å². The Kier molecular flexibility index (Phi) is 4.03. The molecule has 0 aliphatic rings. The average molecular weight is 388 g/mol. The summed E-state index contributed by atoms with van der Waals surface area (Å²) >= 11 is 14.0. The van der Waals surface area contributed by atoms with Crippen LogP contribution in [0.2, 0.25) is 10.2 Å². The Morgan fingerprint density at radius 3 is 2.68 bits per heavy atom. The number of pyridine rings is 1. The first-order valence-corrected chi connectivity index (χ1v) is 8.90. The van der Waals surface area contributed by atoms with E-state index in [0.717, 1.165) is 26.4 Å². The highest BCUT2D eigenvalue weighted by Gasteiger charge is 2.18. The smallest absolute Gasteiger partial charge is 0.171 e. The Morgan fingerprint density at radius 2 is 1.92 bits per heavy atom. The van der Waals surface area contributed by atoms with Crippen LogP contribution in [0, 0.1) is 6.92 Å². The van der Waals surface area contributed by atoms with Crippen molar-refractivity contribution in [2.45, 2.75) is 6.92 Å². The number of fused-ring (bicyclic) bond motifs is 1. The molecule has 0 radical (unpaired) electrons. The summed E-state index contributed by atoms with van der Waals surface area (Å²) in [6.45, 7) is 1.98. The van der Waals surface area contributed by atoms with Crippen LogP contribution in [0.15, 0.2) is 36.7 Å². The van der Waals surface area contributed by atoms with Crippen molar-refractivity contribution in [2.75, 3.05) is 5.73 Å². The van der Waals surface area contributed by atoms with E-state index in [1.54, 1.807) is 18.5 Å². The summed E-state index contributed by atoms with van der Waals surface area (Å²) in [5.74, 6) is 0.168. The number of nitrogens with two attached hydrogens (primary N) is 1. The lowest BCUT2D eigenvalue weighted by Gasteiger charge is -2.10. The summed E-state index contributed by atoms with van der Waals surface area (Å²) in [7, 11) is 0. The molecule has 3 aromatic heterocycles. The molecule has 4 aromatic rings. The van der Waals surface area contributed by atoms with E-state index in [2.05, 4.69) is 19.9 Å². The van der Waals surface area contributed by atoms with Gasteiger partial charge in [-0.05, 0) is 25.1 Å². The van der Waals surface area contributed by atoms with E-state index in [1.807, 2.05) is 25.1 Å². The van der Waals surface area contributed by atoms with Crippen LogP contribution in [-0.2, 0) is 0 Å². The van der Waals surface area contributed by atoms with Crippen LogP contribution in [0.3, 0.4) is 0 Å². The molecule has 0 aliphatic carbocycles.